The van der Waals surface area contributed by atoms with Gasteiger partial charge in [0.15, 0.2) is 0 Å². The second-order valence-corrected chi connectivity index (χ2v) is 4.56. The highest BCUT2D eigenvalue weighted by molar-refractivity contribution is 5.38. The van der Waals surface area contributed by atoms with Crippen LogP contribution in [0.25, 0.3) is 0 Å². The second kappa shape index (κ2) is 6.74. The molecule has 1 unspecified atom stereocenters. The van der Waals surface area contributed by atoms with Gasteiger partial charge in [0, 0.05) is 19.2 Å². The zero-order valence-electron chi connectivity index (χ0n) is 11.0. The molecule has 3 nitrogen and oxygen atoms in total. The number of benzene rings is 1. The Labute approximate surface area is 103 Å². The largest absolute Gasteiger partial charge is 0.396 e. The van der Waals surface area contributed by atoms with E-state index in [-0.39, 0.29) is 19.3 Å². The molecule has 0 aliphatic heterocycles. The van der Waals surface area contributed by atoms with Crippen molar-refractivity contribution < 1.29 is 10.2 Å². The highest BCUT2D eigenvalue weighted by Gasteiger charge is 2.08. The van der Waals surface area contributed by atoms with Gasteiger partial charge in [-0.3, -0.25) is 0 Å². The fraction of sp³-hybridized carbons (Fsp3) is 0.571. The summed E-state index contributed by atoms with van der Waals surface area (Å²) < 4.78 is 0. The van der Waals surface area contributed by atoms with Gasteiger partial charge in [-0.2, -0.15) is 0 Å². The van der Waals surface area contributed by atoms with Gasteiger partial charge in [-0.05, 0) is 49.4 Å². The van der Waals surface area contributed by atoms with Crippen LogP contribution < -0.4 is 5.32 Å². The molecule has 0 heterocycles. The Morgan fingerprint density at radius 1 is 1.12 bits per heavy atom. The molecule has 1 atom stereocenters. The van der Waals surface area contributed by atoms with E-state index >= 15 is 0 Å². The van der Waals surface area contributed by atoms with Gasteiger partial charge in [0.2, 0.25) is 0 Å². The van der Waals surface area contributed by atoms with E-state index in [0.29, 0.717) is 6.42 Å². The van der Waals surface area contributed by atoms with Gasteiger partial charge in [-0.15, -0.1) is 0 Å². The maximum absolute atomic E-state index is 9.13. The van der Waals surface area contributed by atoms with Crippen molar-refractivity contribution in [3.8, 4) is 0 Å². The van der Waals surface area contributed by atoms with Gasteiger partial charge in [0.25, 0.3) is 0 Å². The van der Waals surface area contributed by atoms with E-state index in [0.717, 1.165) is 6.54 Å². The lowest BCUT2D eigenvalue weighted by atomic mass is 9.98. The van der Waals surface area contributed by atoms with Crippen molar-refractivity contribution in [2.45, 2.75) is 39.8 Å². The molecule has 17 heavy (non-hydrogen) atoms. The van der Waals surface area contributed by atoms with Crippen LogP contribution in [-0.2, 0) is 6.54 Å². The van der Waals surface area contributed by atoms with Gasteiger partial charge in [0.05, 0.1) is 6.61 Å². The number of aryl methyl sites for hydroxylation is 1. The van der Waals surface area contributed by atoms with Gasteiger partial charge in [-0.1, -0.05) is 12.1 Å². The minimum atomic E-state index is -0.0268. The Bertz CT molecular complexity index is 363. The maximum atomic E-state index is 9.13. The lowest BCUT2D eigenvalue weighted by Crippen LogP contribution is -2.33. The Hall–Kier alpha value is -0.900. The highest BCUT2D eigenvalue weighted by atomic mass is 16.3. The number of aliphatic hydroxyl groups is 2. The van der Waals surface area contributed by atoms with Crippen molar-refractivity contribution in [1.29, 1.82) is 0 Å². The molecule has 0 amide bonds. The average Bonchev–Trinajstić information content (AvgIpc) is 2.33. The number of hydrogen-bond donors (Lipinski definition) is 3. The topological polar surface area (TPSA) is 52.5 Å². The molecular weight excluding hydrogens is 214 g/mol. The van der Waals surface area contributed by atoms with Crippen LogP contribution in [0, 0.1) is 20.8 Å². The SMILES string of the molecule is Cc1ccc(CNC(CO)CCO)c(C)c1C. The fourth-order valence-electron chi connectivity index (χ4n) is 1.87. The smallest absolute Gasteiger partial charge is 0.0585 e. The lowest BCUT2D eigenvalue weighted by molar-refractivity contribution is 0.200. The molecule has 1 aromatic carbocycles. The van der Waals surface area contributed by atoms with Gasteiger partial charge < -0.3 is 15.5 Å². The number of rotatable bonds is 6. The first-order valence-electron chi connectivity index (χ1n) is 6.11. The van der Waals surface area contributed by atoms with Crippen molar-refractivity contribution in [3.63, 3.8) is 0 Å². The van der Waals surface area contributed by atoms with Crippen LogP contribution in [0.1, 0.15) is 28.7 Å². The standard InChI is InChI=1S/C14H23NO2/c1-10-4-5-13(12(3)11(10)2)8-15-14(9-17)6-7-16/h4-5,14-17H,6-9H2,1-3H3. The van der Waals surface area contributed by atoms with Crippen LogP contribution in [0.5, 0.6) is 0 Å². The van der Waals surface area contributed by atoms with Crippen molar-refractivity contribution in [3.05, 3.63) is 34.4 Å². The van der Waals surface area contributed by atoms with Gasteiger partial charge in [-0.25, -0.2) is 0 Å². The van der Waals surface area contributed by atoms with Crippen LogP contribution in [-0.4, -0.2) is 29.5 Å². The highest BCUT2D eigenvalue weighted by Crippen LogP contribution is 2.17. The molecule has 0 bridgehead atoms. The molecule has 96 valence electrons. The minimum Gasteiger partial charge on any atom is -0.396 e. The normalized spacial score (nSPS) is 12.8. The number of hydrogen-bond acceptors (Lipinski definition) is 3. The van der Waals surface area contributed by atoms with E-state index < -0.39 is 0 Å². The molecule has 1 rings (SSSR count). The van der Waals surface area contributed by atoms with Crippen LogP contribution in [0.3, 0.4) is 0 Å². The summed E-state index contributed by atoms with van der Waals surface area (Å²) in [5.74, 6) is 0. The van der Waals surface area contributed by atoms with Crippen LogP contribution in [0.4, 0.5) is 0 Å². The van der Waals surface area contributed by atoms with Crippen LogP contribution in [0.2, 0.25) is 0 Å². The molecule has 0 saturated heterocycles. The van der Waals surface area contributed by atoms with Crippen molar-refractivity contribution in [2.75, 3.05) is 13.2 Å². The van der Waals surface area contributed by atoms with Gasteiger partial charge in [0.1, 0.15) is 0 Å². The van der Waals surface area contributed by atoms with E-state index in [1.165, 1.54) is 22.3 Å². The Balaban J connectivity index is 2.66. The first-order valence-corrected chi connectivity index (χ1v) is 6.11. The maximum Gasteiger partial charge on any atom is 0.0585 e. The monoisotopic (exact) mass is 237 g/mol. The average molecular weight is 237 g/mol. The molecular formula is C14H23NO2. The predicted molar refractivity (Wildman–Crippen MR) is 70.1 cm³/mol. The second-order valence-electron chi connectivity index (χ2n) is 4.56. The fourth-order valence-corrected chi connectivity index (χ4v) is 1.87. The lowest BCUT2D eigenvalue weighted by Gasteiger charge is -2.17. The Morgan fingerprint density at radius 2 is 1.82 bits per heavy atom. The molecule has 0 aliphatic carbocycles. The summed E-state index contributed by atoms with van der Waals surface area (Å²) in [6.07, 6.45) is 0.584. The van der Waals surface area contributed by atoms with E-state index in [1.54, 1.807) is 0 Å². The predicted octanol–water partition coefficient (Wildman–Crippen LogP) is 1.44. The molecule has 0 aromatic heterocycles. The zero-order valence-corrected chi connectivity index (χ0v) is 11.0. The van der Waals surface area contributed by atoms with E-state index in [9.17, 15) is 0 Å². The summed E-state index contributed by atoms with van der Waals surface area (Å²) in [5, 5.41) is 21.2. The summed E-state index contributed by atoms with van der Waals surface area (Å²) >= 11 is 0. The van der Waals surface area contributed by atoms with E-state index in [2.05, 4.69) is 38.2 Å². The Kier molecular flexibility index (Phi) is 5.62. The molecule has 3 heteroatoms. The summed E-state index contributed by atoms with van der Waals surface area (Å²) in [4.78, 5) is 0. The van der Waals surface area contributed by atoms with Crippen molar-refractivity contribution >= 4 is 0 Å². The molecule has 0 spiro atoms. The van der Waals surface area contributed by atoms with Crippen LogP contribution >= 0.6 is 0 Å². The van der Waals surface area contributed by atoms with E-state index in [1.807, 2.05) is 0 Å². The Morgan fingerprint density at radius 3 is 2.41 bits per heavy atom. The zero-order chi connectivity index (χ0) is 12.8. The van der Waals surface area contributed by atoms with Crippen molar-refractivity contribution in [2.24, 2.45) is 0 Å². The molecule has 0 radical (unpaired) electrons. The summed E-state index contributed by atoms with van der Waals surface area (Å²) in [5.41, 5.74) is 5.19. The third-order valence-corrected chi connectivity index (χ3v) is 3.45. The first kappa shape index (κ1) is 14.2. The molecule has 3 N–H and O–H groups in total. The van der Waals surface area contributed by atoms with Gasteiger partial charge >= 0.3 is 0 Å². The minimum absolute atomic E-state index is 0.0268. The molecule has 1 aromatic rings. The third kappa shape index (κ3) is 3.80. The molecule has 0 saturated carbocycles. The summed E-state index contributed by atoms with van der Waals surface area (Å²) in [6, 6.07) is 4.22. The number of nitrogens with one attached hydrogen (secondary N) is 1. The summed E-state index contributed by atoms with van der Waals surface area (Å²) in [7, 11) is 0. The quantitative estimate of drug-likeness (QED) is 0.702. The van der Waals surface area contributed by atoms with E-state index in [4.69, 9.17) is 10.2 Å². The summed E-state index contributed by atoms with van der Waals surface area (Å²) in [6.45, 7) is 7.26. The van der Waals surface area contributed by atoms with Crippen molar-refractivity contribution in [1.82, 2.24) is 5.32 Å². The molecule has 0 fully saturated rings. The van der Waals surface area contributed by atoms with Crippen LogP contribution in [0.15, 0.2) is 12.1 Å². The number of aliphatic hydroxyl groups excluding tert-OH is 2. The third-order valence-electron chi connectivity index (χ3n) is 3.45. The molecule has 0 aliphatic rings. The first-order chi connectivity index (χ1) is 8.10.